The molecule has 2 aromatic rings. The Morgan fingerprint density at radius 1 is 1.04 bits per heavy atom. The van der Waals surface area contributed by atoms with E-state index in [0.29, 0.717) is 0 Å². The van der Waals surface area contributed by atoms with E-state index in [1.54, 1.807) is 0 Å². The molecule has 2 heterocycles. The molecule has 2 aliphatic heterocycles. The van der Waals surface area contributed by atoms with Crippen molar-refractivity contribution in [2.24, 2.45) is 10.4 Å². The predicted octanol–water partition coefficient (Wildman–Crippen LogP) is 5.34. The number of benzene rings is 2. The van der Waals surface area contributed by atoms with Crippen LogP contribution in [0.25, 0.3) is 0 Å². The molecule has 28 heavy (non-hydrogen) atoms. The summed E-state index contributed by atoms with van der Waals surface area (Å²) in [4.78, 5) is 19.8. The van der Waals surface area contributed by atoms with Crippen molar-refractivity contribution in [1.82, 2.24) is 4.90 Å². The first-order valence-corrected chi connectivity index (χ1v) is 9.98. The highest BCUT2D eigenvalue weighted by atomic mass is 16.5. The highest BCUT2D eigenvalue weighted by Crippen LogP contribution is 2.39. The SMILES string of the molecule is CC(C)(C)C(=O)Nc1ccc2c(c1)C(N1CCCCC1)=Nc1ccccc1O2. The molecule has 2 aliphatic rings. The summed E-state index contributed by atoms with van der Waals surface area (Å²) >= 11 is 0. The lowest BCUT2D eigenvalue weighted by atomic mass is 9.95. The number of likely N-dealkylation sites (tertiary alicyclic amines) is 1. The van der Waals surface area contributed by atoms with Crippen molar-refractivity contribution < 1.29 is 9.53 Å². The number of carbonyl (C=O) groups is 1. The second-order valence-corrected chi connectivity index (χ2v) is 8.47. The number of fused-ring (bicyclic) bond motifs is 2. The van der Waals surface area contributed by atoms with Crippen LogP contribution in [0.15, 0.2) is 47.5 Å². The summed E-state index contributed by atoms with van der Waals surface area (Å²) in [6, 6.07) is 13.7. The first-order chi connectivity index (χ1) is 13.4. The second-order valence-electron chi connectivity index (χ2n) is 8.47. The van der Waals surface area contributed by atoms with Crippen LogP contribution in [0.3, 0.4) is 0 Å². The molecule has 0 bridgehead atoms. The Labute approximate surface area is 166 Å². The lowest BCUT2D eigenvalue weighted by molar-refractivity contribution is -0.123. The summed E-state index contributed by atoms with van der Waals surface area (Å²) in [6.07, 6.45) is 3.58. The van der Waals surface area contributed by atoms with Gasteiger partial charge in [-0.3, -0.25) is 4.79 Å². The fourth-order valence-electron chi connectivity index (χ4n) is 3.47. The summed E-state index contributed by atoms with van der Waals surface area (Å²) in [5.41, 5.74) is 2.06. The summed E-state index contributed by atoms with van der Waals surface area (Å²) in [6.45, 7) is 7.70. The predicted molar refractivity (Wildman–Crippen MR) is 113 cm³/mol. The number of rotatable bonds is 1. The van der Waals surface area contributed by atoms with Gasteiger partial charge in [-0.1, -0.05) is 32.9 Å². The average molecular weight is 377 g/mol. The minimum absolute atomic E-state index is 0.0123. The number of piperidine rings is 1. The Morgan fingerprint density at radius 3 is 2.54 bits per heavy atom. The fourth-order valence-corrected chi connectivity index (χ4v) is 3.47. The number of para-hydroxylation sites is 2. The zero-order valence-corrected chi connectivity index (χ0v) is 16.8. The van der Waals surface area contributed by atoms with Gasteiger partial charge in [0.15, 0.2) is 5.75 Å². The van der Waals surface area contributed by atoms with Crippen LogP contribution in [0, 0.1) is 5.41 Å². The maximum atomic E-state index is 12.4. The highest BCUT2D eigenvalue weighted by Gasteiger charge is 2.26. The summed E-state index contributed by atoms with van der Waals surface area (Å²) in [5.74, 6) is 2.43. The number of ether oxygens (including phenoxy) is 1. The third kappa shape index (κ3) is 3.75. The molecule has 0 aromatic heterocycles. The van der Waals surface area contributed by atoms with E-state index in [1.807, 2.05) is 63.2 Å². The molecule has 0 saturated carbocycles. The van der Waals surface area contributed by atoms with Crippen LogP contribution in [-0.2, 0) is 4.79 Å². The molecule has 1 N–H and O–H groups in total. The van der Waals surface area contributed by atoms with E-state index in [1.165, 1.54) is 6.42 Å². The Kier molecular flexibility index (Phi) is 4.84. The van der Waals surface area contributed by atoms with E-state index in [2.05, 4.69) is 10.2 Å². The van der Waals surface area contributed by atoms with E-state index in [0.717, 1.165) is 60.2 Å². The molecular formula is C23H27N3O2. The summed E-state index contributed by atoms with van der Waals surface area (Å²) in [5, 5.41) is 3.03. The topological polar surface area (TPSA) is 53.9 Å². The standard InChI is InChI=1S/C23H27N3O2/c1-23(2,3)22(27)24-16-11-12-19-17(15-16)21(26-13-7-4-8-14-26)25-18-9-5-6-10-20(18)28-19/h5-6,9-12,15H,4,7-8,13-14H2,1-3H3,(H,24,27). The van der Waals surface area contributed by atoms with Gasteiger partial charge < -0.3 is 15.0 Å². The molecule has 0 spiro atoms. The minimum atomic E-state index is -0.455. The number of nitrogens with one attached hydrogen (secondary N) is 1. The number of amides is 1. The zero-order chi connectivity index (χ0) is 19.7. The largest absolute Gasteiger partial charge is 0.454 e. The maximum absolute atomic E-state index is 12.4. The van der Waals surface area contributed by atoms with Crippen molar-refractivity contribution in [3.8, 4) is 11.5 Å². The molecule has 0 aliphatic carbocycles. The van der Waals surface area contributed by atoms with Gasteiger partial charge in [-0.25, -0.2) is 4.99 Å². The Morgan fingerprint density at radius 2 is 1.79 bits per heavy atom. The van der Waals surface area contributed by atoms with Crippen LogP contribution in [0.4, 0.5) is 11.4 Å². The van der Waals surface area contributed by atoms with Crippen LogP contribution in [0.2, 0.25) is 0 Å². The molecule has 0 atom stereocenters. The Balaban J connectivity index is 1.77. The molecule has 0 radical (unpaired) electrons. The molecule has 2 aromatic carbocycles. The monoisotopic (exact) mass is 377 g/mol. The quantitative estimate of drug-likeness (QED) is 0.730. The minimum Gasteiger partial charge on any atom is -0.454 e. The van der Waals surface area contributed by atoms with Gasteiger partial charge in [0.25, 0.3) is 0 Å². The number of aliphatic imine (C=N–C) groups is 1. The Hall–Kier alpha value is -2.82. The van der Waals surface area contributed by atoms with Gasteiger partial charge >= 0.3 is 0 Å². The fraction of sp³-hybridized carbons (Fsp3) is 0.391. The van der Waals surface area contributed by atoms with Crippen molar-refractivity contribution in [3.63, 3.8) is 0 Å². The van der Waals surface area contributed by atoms with E-state index < -0.39 is 5.41 Å². The third-order valence-corrected chi connectivity index (χ3v) is 5.13. The molecule has 4 rings (SSSR count). The van der Waals surface area contributed by atoms with Crippen molar-refractivity contribution in [3.05, 3.63) is 48.0 Å². The van der Waals surface area contributed by atoms with Gasteiger partial charge in [-0.2, -0.15) is 0 Å². The number of hydrogen-bond acceptors (Lipinski definition) is 4. The molecule has 1 amide bonds. The molecule has 0 unspecified atom stereocenters. The van der Waals surface area contributed by atoms with Crippen molar-refractivity contribution in [1.29, 1.82) is 0 Å². The molecule has 1 fully saturated rings. The number of nitrogens with zero attached hydrogens (tertiary/aromatic N) is 2. The summed E-state index contributed by atoms with van der Waals surface area (Å²) < 4.78 is 6.20. The maximum Gasteiger partial charge on any atom is 0.229 e. The van der Waals surface area contributed by atoms with Crippen LogP contribution in [-0.4, -0.2) is 29.7 Å². The van der Waals surface area contributed by atoms with Gasteiger partial charge in [-0.15, -0.1) is 0 Å². The van der Waals surface area contributed by atoms with E-state index in [-0.39, 0.29) is 5.91 Å². The summed E-state index contributed by atoms with van der Waals surface area (Å²) in [7, 11) is 0. The van der Waals surface area contributed by atoms with E-state index in [4.69, 9.17) is 9.73 Å². The lowest BCUT2D eigenvalue weighted by Crippen LogP contribution is -2.36. The van der Waals surface area contributed by atoms with Gasteiger partial charge in [-0.05, 0) is 49.6 Å². The highest BCUT2D eigenvalue weighted by molar-refractivity contribution is 6.05. The first-order valence-electron chi connectivity index (χ1n) is 9.98. The number of amidine groups is 1. The van der Waals surface area contributed by atoms with Gasteiger partial charge in [0.05, 0.1) is 5.56 Å². The molecule has 146 valence electrons. The normalized spacial score (nSPS) is 16.2. The van der Waals surface area contributed by atoms with Crippen molar-refractivity contribution >= 4 is 23.1 Å². The first kappa shape index (κ1) is 18.5. The van der Waals surface area contributed by atoms with Crippen LogP contribution >= 0.6 is 0 Å². The number of hydrogen-bond donors (Lipinski definition) is 1. The molecular weight excluding hydrogens is 350 g/mol. The van der Waals surface area contributed by atoms with E-state index in [9.17, 15) is 4.79 Å². The second kappa shape index (κ2) is 7.30. The lowest BCUT2D eigenvalue weighted by Gasteiger charge is -2.30. The van der Waals surface area contributed by atoms with E-state index >= 15 is 0 Å². The molecule has 5 nitrogen and oxygen atoms in total. The number of anilines is 1. The van der Waals surface area contributed by atoms with Crippen molar-refractivity contribution in [2.75, 3.05) is 18.4 Å². The van der Waals surface area contributed by atoms with Gasteiger partial charge in [0.2, 0.25) is 5.91 Å². The Bertz CT molecular complexity index is 922. The molecule has 1 saturated heterocycles. The van der Waals surface area contributed by atoms with Gasteiger partial charge in [0, 0.05) is 24.2 Å². The third-order valence-electron chi connectivity index (χ3n) is 5.13. The van der Waals surface area contributed by atoms with Crippen LogP contribution in [0.5, 0.6) is 11.5 Å². The smallest absolute Gasteiger partial charge is 0.229 e. The van der Waals surface area contributed by atoms with Crippen molar-refractivity contribution in [2.45, 2.75) is 40.0 Å². The van der Waals surface area contributed by atoms with Crippen LogP contribution in [0.1, 0.15) is 45.6 Å². The van der Waals surface area contributed by atoms with Crippen LogP contribution < -0.4 is 10.1 Å². The molecule has 5 heteroatoms. The zero-order valence-electron chi connectivity index (χ0n) is 16.8. The average Bonchev–Trinajstić information content (AvgIpc) is 2.84. The van der Waals surface area contributed by atoms with Gasteiger partial charge in [0.1, 0.15) is 17.3 Å². The number of carbonyl (C=O) groups excluding carboxylic acids is 1.